The largest absolute Gasteiger partial charge is 0.444 e. The van der Waals surface area contributed by atoms with Gasteiger partial charge in [-0.1, -0.05) is 13.8 Å². The van der Waals surface area contributed by atoms with E-state index in [-0.39, 0.29) is 66.4 Å². The molecule has 0 unspecified atom stereocenters. The van der Waals surface area contributed by atoms with E-state index in [1.165, 1.54) is 22.2 Å². The third-order valence-corrected chi connectivity index (χ3v) is 9.78. The molecule has 1 aliphatic carbocycles. The molecule has 4 heterocycles. The summed E-state index contributed by atoms with van der Waals surface area (Å²) in [6, 6.07) is 1.04. The number of hydrogen-bond donors (Lipinski definition) is 3. The number of pyridine rings is 1. The molecule has 1 saturated carbocycles. The van der Waals surface area contributed by atoms with E-state index in [0.717, 1.165) is 37.8 Å². The second-order valence-corrected chi connectivity index (χ2v) is 15.7. The van der Waals surface area contributed by atoms with E-state index >= 15 is 0 Å². The molecule has 57 heavy (non-hydrogen) atoms. The number of esters is 1. The van der Waals surface area contributed by atoms with E-state index < -0.39 is 41.4 Å². The van der Waals surface area contributed by atoms with Crippen LogP contribution >= 0.6 is 11.3 Å². The summed E-state index contributed by atoms with van der Waals surface area (Å²) >= 11 is 1.19. The number of anilines is 1. The van der Waals surface area contributed by atoms with E-state index in [1.54, 1.807) is 57.1 Å². The number of amides is 3. The summed E-state index contributed by atoms with van der Waals surface area (Å²) in [5, 5.41) is 18.9. The van der Waals surface area contributed by atoms with Gasteiger partial charge in [0.05, 0.1) is 24.0 Å². The number of rotatable bonds is 16. The molecule has 3 amide bonds. The quantitative estimate of drug-likeness (QED) is 0.0657. The maximum absolute atomic E-state index is 14.9. The molecular formula is C38H49F2N9O7S. The van der Waals surface area contributed by atoms with Crippen LogP contribution in [0, 0.1) is 17.7 Å². The van der Waals surface area contributed by atoms with E-state index in [1.807, 2.05) is 6.92 Å². The molecule has 308 valence electrons. The molecule has 1 aliphatic rings. The van der Waals surface area contributed by atoms with Crippen LogP contribution < -0.4 is 16.0 Å². The first kappa shape index (κ1) is 42.8. The van der Waals surface area contributed by atoms with Crippen LogP contribution in [0.3, 0.4) is 0 Å². The number of nitrogens with zero attached hydrogens (tertiary/aromatic N) is 6. The Morgan fingerprint density at radius 3 is 2.49 bits per heavy atom. The number of halogens is 2. The molecule has 5 rings (SSSR count). The molecular weight excluding hydrogens is 765 g/mol. The van der Waals surface area contributed by atoms with Crippen LogP contribution in [0.4, 0.5) is 19.3 Å². The van der Waals surface area contributed by atoms with Crippen molar-refractivity contribution < 1.29 is 42.2 Å². The van der Waals surface area contributed by atoms with Crippen molar-refractivity contribution in [2.45, 2.75) is 111 Å². The fourth-order valence-electron chi connectivity index (χ4n) is 6.12. The molecule has 0 spiro atoms. The van der Waals surface area contributed by atoms with Crippen molar-refractivity contribution in [3.8, 4) is 22.0 Å². The van der Waals surface area contributed by atoms with Crippen molar-refractivity contribution in [2.75, 3.05) is 18.5 Å². The molecule has 0 aliphatic heterocycles. The summed E-state index contributed by atoms with van der Waals surface area (Å²) < 4.78 is 48.4. The number of ether oxygens (including phenoxy) is 3. The number of carbonyl (C=O) groups is 4. The standard InChI is InChI=1S/C38H49F2N9O7S/c1-7-54-25-12-10-24(11-13-25)49-19-27(33(47-49)32-26(39)14-15-29(40)45-32)43-34(51)28-20-57-36(44-28)23-17-42-48(18-23)21-55-30(50)9-8-16-41-35(52)31(22(2)3)46-37(53)56-38(4,5)6/h14-15,17-20,22,24-25,31H,7-13,16,21H2,1-6H3,(H,41,52)(H,43,51)(H,46,53)/t24?,25?,31-/m0/s1. The fraction of sp³-hybridized carbons (Fsp3) is 0.526. The van der Waals surface area contributed by atoms with Gasteiger partial charge >= 0.3 is 12.1 Å². The summed E-state index contributed by atoms with van der Waals surface area (Å²) in [7, 11) is 0. The van der Waals surface area contributed by atoms with Gasteiger partial charge in [-0.05, 0) is 77.8 Å². The Morgan fingerprint density at radius 1 is 1.04 bits per heavy atom. The van der Waals surface area contributed by atoms with Gasteiger partial charge in [0.15, 0.2) is 12.5 Å². The van der Waals surface area contributed by atoms with E-state index in [9.17, 15) is 28.0 Å². The van der Waals surface area contributed by atoms with Crippen molar-refractivity contribution in [2.24, 2.45) is 5.92 Å². The highest BCUT2D eigenvalue weighted by Crippen LogP contribution is 2.35. The van der Waals surface area contributed by atoms with Crippen molar-refractivity contribution in [1.82, 2.24) is 40.2 Å². The highest BCUT2D eigenvalue weighted by atomic mass is 32.1. The number of nitrogens with one attached hydrogen (secondary N) is 3. The Hall–Kier alpha value is -5.30. The van der Waals surface area contributed by atoms with E-state index in [4.69, 9.17) is 14.2 Å². The molecule has 1 fully saturated rings. The van der Waals surface area contributed by atoms with Gasteiger partial charge in [-0.25, -0.2) is 23.8 Å². The average molecular weight is 814 g/mol. The summed E-state index contributed by atoms with van der Waals surface area (Å²) in [5.74, 6) is -3.35. The summed E-state index contributed by atoms with van der Waals surface area (Å²) in [5.41, 5.74) is -0.233. The molecule has 19 heteroatoms. The first-order valence-electron chi connectivity index (χ1n) is 18.9. The Kier molecular flexibility index (Phi) is 14.5. The maximum atomic E-state index is 14.9. The second-order valence-electron chi connectivity index (χ2n) is 14.9. The van der Waals surface area contributed by atoms with Crippen LogP contribution in [-0.4, -0.2) is 84.3 Å². The van der Waals surface area contributed by atoms with E-state index in [0.29, 0.717) is 23.6 Å². The number of carbonyl (C=O) groups excluding carboxylic acids is 4. The minimum absolute atomic E-state index is 0.00401. The van der Waals surface area contributed by atoms with Gasteiger partial charge in [-0.15, -0.1) is 11.3 Å². The SMILES string of the molecule is CCOC1CCC(n2cc(NC(=O)c3csc(-c4cnn(COC(=O)CCCNC(=O)[C@@H](NC(=O)OC(C)(C)C)C(C)C)c4)n3)c(-c3nc(F)ccc3F)n2)CC1. The van der Waals surface area contributed by atoms with Gasteiger partial charge < -0.3 is 30.2 Å². The van der Waals surface area contributed by atoms with Gasteiger partial charge in [0, 0.05) is 42.9 Å². The normalized spacial score (nSPS) is 16.2. The van der Waals surface area contributed by atoms with Crippen LogP contribution in [0.15, 0.2) is 36.1 Å². The topological polar surface area (TPSA) is 193 Å². The van der Waals surface area contributed by atoms with Gasteiger partial charge in [-0.3, -0.25) is 19.1 Å². The van der Waals surface area contributed by atoms with Gasteiger partial charge in [0.2, 0.25) is 11.9 Å². The van der Waals surface area contributed by atoms with Gasteiger partial charge in [0.25, 0.3) is 5.91 Å². The summed E-state index contributed by atoms with van der Waals surface area (Å²) in [6.07, 6.45) is 7.70. The first-order valence-corrected chi connectivity index (χ1v) is 19.7. The van der Waals surface area contributed by atoms with E-state index in [2.05, 4.69) is 36.1 Å². The smallest absolute Gasteiger partial charge is 0.408 e. The molecule has 16 nitrogen and oxygen atoms in total. The zero-order chi connectivity index (χ0) is 41.3. The second kappa shape index (κ2) is 19.2. The zero-order valence-electron chi connectivity index (χ0n) is 32.8. The molecule has 3 N–H and O–H groups in total. The van der Waals surface area contributed by atoms with Crippen LogP contribution in [0.2, 0.25) is 0 Å². The third kappa shape index (κ3) is 12.1. The van der Waals surface area contributed by atoms with Crippen LogP contribution in [0.1, 0.15) is 96.6 Å². The summed E-state index contributed by atoms with van der Waals surface area (Å²) in [4.78, 5) is 58.9. The summed E-state index contributed by atoms with van der Waals surface area (Å²) in [6.45, 7) is 11.4. The Labute approximate surface area is 333 Å². The molecule has 0 bridgehead atoms. The lowest BCUT2D eigenvalue weighted by atomic mass is 9.93. The van der Waals surface area contributed by atoms with Crippen LogP contribution in [-0.2, 0) is 30.5 Å². The van der Waals surface area contributed by atoms with Gasteiger partial charge in [0.1, 0.15) is 33.7 Å². The minimum Gasteiger partial charge on any atom is -0.444 e. The predicted molar refractivity (Wildman–Crippen MR) is 206 cm³/mol. The Balaban J connectivity index is 1.13. The monoisotopic (exact) mass is 813 g/mol. The zero-order valence-corrected chi connectivity index (χ0v) is 33.7. The fourth-order valence-corrected chi connectivity index (χ4v) is 6.89. The lowest BCUT2D eigenvalue weighted by Gasteiger charge is -2.28. The van der Waals surface area contributed by atoms with Crippen LogP contribution in [0.5, 0.6) is 0 Å². The number of alkyl carbamates (subject to hydrolysis) is 1. The van der Waals surface area contributed by atoms with Crippen molar-refractivity contribution in [3.63, 3.8) is 0 Å². The Bertz CT molecular complexity index is 2020. The Morgan fingerprint density at radius 2 is 1.79 bits per heavy atom. The lowest BCUT2D eigenvalue weighted by Crippen LogP contribution is -2.51. The highest BCUT2D eigenvalue weighted by Gasteiger charge is 2.28. The number of hydrogen-bond acceptors (Lipinski definition) is 12. The average Bonchev–Trinajstić information content (AvgIpc) is 3.93. The predicted octanol–water partition coefficient (Wildman–Crippen LogP) is 6.26. The molecule has 0 aromatic carbocycles. The van der Waals surface area contributed by atoms with Crippen LogP contribution in [0.25, 0.3) is 22.0 Å². The first-order chi connectivity index (χ1) is 27.1. The molecule has 0 radical (unpaired) electrons. The van der Waals surface area contributed by atoms with Crippen molar-refractivity contribution in [1.29, 1.82) is 0 Å². The number of thiazole rings is 1. The van der Waals surface area contributed by atoms with Crippen molar-refractivity contribution in [3.05, 3.63) is 53.6 Å². The maximum Gasteiger partial charge on any atom is 0.408 e. The number of aromatic nitrogens is 6. The molecule has 4 aromatic heterocycles. The lowest BCUT2D eigenvalue weighted by molar-refractivity contribution is -0.148. The molecule has 0 saturated heterocycles. The third-order valence-electron chi connectivity index (χ3n) is 8.89. The van der Waals surface area contributed by atoms with Gasteiger partial charge in [-0.2, -0.15) is 14.6 Å². The molecule has 4 aromatic rings. The minimum atomic E-state index is -0.886. The van der Waals surface area contributed by atoms with Crippen molar-refractivity contribution >= 4 is 40.9 Å². The highest BCUT2D eigenvalue weighted by molar-refractivity contribution is 7.13. The molecule has 1 atom stereocenters.